The molecule has 0 bridgehead atoms. The van der Waals surface area contributed by atoms with Gasteiger partial charge in [0.25, 0.3) is 0 Å². The van der Waals surface area contributed by atoms with Gasteiger partial charge in [0.05, 0.1) is 0 Å². The number of halogens is 3. The Morgan fingerprint density at radius 2 is 2.13 bits per heavy atom. The molecule has 0 saturated carbocycles. The number of aryl methyl sites for hydroxylation is 1. The summed E-state index contributed by atoms with van der Waals surface area (Å²) >= 11 is 5.50. The van der Waals surface area contributed by atoms with Crippen molar-refractivity contribution >= 4 is 11.6 Å². The number of alkyl halides is 3. The van der Waals surface area contributed by atoms with Crippen molar-refractivity contribution in [2.45, 2.75) is 19.5 Å². The van der Waals surface area contributed by atoms with Crippen LogP contribution in [0.4, 0.5) is 8.78 Å². The van der Waals surface area contributed by atoms with Gasteiger partial charge in [-0.1, -0.05) is 6.07 Å². The molecule has 0 radical (unpaired) electrons. The van der Waals surface area contributed by atoms with Crippen molar-refractivity contribution in [1.29, 1.82) is 0 Å². The van der Waals surface area contributed by atoms with Gasteiger partial charge < -0.3 is 9.84 Å². The van der Waals surface area contributed by atoms with Crippen LogP contribution in [0.3, 0.4) is 0 Å². The van der Waals surface area contributed by atoms with Crippen molar-refractivity contribution in [3.8, 4) is 11.5 Å². The maximum Gasteiger partial charge on any atom is 0.387 e. The minimum absolute atomic E-state index is 0.0433. The van der Waals surface area contributed by atoms with Crippen molar-refractivity contribution in [3.05, 3.63) is 23.8 Å². The molecule has 2 nitrogen and oxygen atoms in total. The molecule has 0 unspecified atom stereocenters. The molecule has 0 heterocycles. The monoisotopic (exact) mass is 236 g/mol. The summed E-state index contributed by atoms with van der Waals surface area (Å²) in [6.07, 6.45) is 1.34. The predicted molar refractivity (Wildman–Crippen MR) is 53.8 cm³/mol. The van der Waals surface area contributed by atoms with Crippen molar-refractivity contribution in [2.24, 2.45) is 0 Å². The molecule has 1 aromatic rings. The molecular weight excluding hydrogens is 226 g/mol. The van der Waals surface area contributed by atoms with E-state index in [4.69, 9.17) is 11.6 Å². The van der Waals surface area contributed by atoms with E-state index in [2.05, 4.69) is 4.74 Å². The number of phenols is 1. The standard InChI is InChI=1S/C10H11ClF2O2/c11-5-1-2-7-3-4-8(6-9(7)14)15-10(12)13/h3-4,6,10,14H,1-2,5H2. The van der Waals surface area contributed by atoms with Crippen LogP contribution in [0.1, 0.15) is 12.0 Å². The Hall–Kier alpha value is -1.03. The fourth-order valence-electron chi connectivity index (χ4n) is 1.19. The fourth-order valence-corrected chi connectivity index (χ4v) is 1.32. The summed E-state index contributed by atoms with van der Waals surface area (Å²) in [6.45, 7) is -2.88. The number of benzene rings is 1. The lowest BCUT2D eigenvalue weighted by molar-refractivity contribution is -0.0499. The molecule has 0 aliphatic rings. The summed E-state index contributed by atoms with van der Waals surface area (Å²) in [7, 11) is 0. The van der Waals surface area contributed by atoms with E-state index in [1.54, 1.807) is 6.07 Å². The van der Waals surface area contributed by atoms with E-state index in [9.17, 15) is 13.9 Å². The normalized spacial score (nSPS) is 10.7. The Morgan fingerprint density at radius 1 is 1.40 bits per heavy atom. The van der Waals surface area contributed by atoms with Crippen LogP contribution in [0.15, 0.2) is 18.2 Å². The zero-order valence-corrected chi connectivity index (χ0v) is 8.68. The van der Waals surface area contributed by atoms with E-state index in [0.717, 1.165) is 6.42 Å². The molecule has 15 heavy (non-hydrogen) atoms. The molecular formula is C10H11ClF2O2. The van der Waals surface area contributed by atoms with Gasteiger partial charge in [0.1, 0.15) is 11.5 Å². The van der Waals surface area contributed by atoms with E-state index >= 15 is 0 Å². The Bertz CT molecular complexity index is 318. The largest absolute Gasteiger partial charge is 0.508 e. The third-order valence-corrected chi connectivity index (χ3v) is 2.13. The molecule has 0 aliphatic carbocycles. The first-order chi connectivity index (χ1) is 7.13. The van der Waals surface area contributed by atoms with Gasteiger partial charge in [-0.05, 0) is 24.5 Å². The number of hydrogen-bond acceptors (Lipinski definition) is 2. The minimum atomic E-state index is -2.88. The summed E-state index contributed by atoms with van der Waals surface area (Å²) in [6, 6.07) is 4.13. The highest BCUT2D eigenvalue weighted by atomic mass is 35.5. The van der Waals surface area contributed by atoms with E-state index in [-0.39, 0.29) is 11.5 Å². The van der Waals surface area contributed by atoms with Crippen LogP contribution < -0.4 is 4.74 Å². The number of phenolic OH excluding ortho intramolecular Hbond substituents is 1. The molecule has 0 atom stereocenters. The Balaban J connectivity index is 2.69. The van der Waals surface area contributed by atoms with Crippen LogP contribution in [0.2, 0.25) is 0 Å². The summed E-state index contributed by atoms with van der Waals surface area (Å²) in [5.74, 6) is 0.407. The summed E-state index contributed by atoms with van der Waals surface area (Å²) in [5, 5.41) is 9.46. The van der Waals surface area contributed by atoms with Gasteiger partial charge in [-0.15, -0.1) is 11.6 Å². The highest BCUT2D eigenvalue weighted by Crippen LogP contribution is 2.25. The molecule has 1 rings (SSSR count). The lowest BCUT2D eigenvalue weighted by Crippen LogP contribution is -2.01. The molecule has 0 spiro atoms. The van der Waals surface area contributed by atoms with E-state index < -0.39 is 6.61 Å². The van der Waals surface area contributed by atoms with Crippen LogP contribution in [-0.2, 0) is 6.42 Å². The quantitative estimate of drug-likeness (QED) is 0.796. The Kier molecular flexibility index (Phi) is 4.62. The second kappa shape index (κ2) is 5.75. The van der Waals surface area contributed by atoms with Crippen molar-refractivity contribution in [2.75, 3.05) is 5.88 Å². The van der Waals surface area contributed by atoms with Crippen molar-refractivity contribution < 1.29 is 18.6 Å². The Labute approximate surface area is 91.4 Å². The zero-order valence-electron chi connectivity index (χ0n) is 7.92. The number of hydrogen-bond donors (Lipinski definition) is 1. The summed E-state index contributed by atoms with van der Waals surface area (Å²) < 4.78 is 27.8. The molecule has 0 amide bonds. The maximum absolute atomic E-state index is 11.8. The molecule has 1 aromatic carbocycles. The summed E-state index contributed by atoms with van der Waals surface area (Å²) in [5.41, 5.74) is 0.678. The van der Waals surface area contributed by atoms with Crippen LogP contribution >= 0.6 is 11.6 Å². The molecule has 5 heteroatoms. The van der Waals surface area contributed by atoms with Gasteiger partial charge in [-0.2, -0.15) is 8.78 Å². The number of aromatic hydroxyl groups is 1. The van der Waals surface area contributed by atoms with Crippen molar-refractivity contribution in [3.63, 3.8) is 0 Å². The second-order valence-electron chi connectivity index (χ2n) is 2.96. The zero-order chi connectivity index (χ0) is 11.3. The van der Waals surface area contributed by atoms with E-state index in [0.29, 0.717) is 17.9 Å². The molecule has 0 aliphatic heterocycles. The SMILES string of the molecule is Oc1cc(OC(F)F)ccc1CCCCl. The van der Waals surface area contributed by atoms with Gasteiger partial charge in [0.15, 0.2) is 0 Å². The Morgan fingerprint density at radius 3 is 2.67 bits per heavy atom. The van der Waals surface area contributed by atoms with Gasteiger partial charge in [-0.3, -0.25) is 0 Å². The number of ether oxygens (including phenoxy) is 1. The van der Waals surface area contributed by atoms with Gasteiger partial charge >= 0.3 is 6.61 Å². The average Bonchev–Trinajstić information content (AvgIpc) is 2.15. The molecule has 0 fully saturated rings. The topological polar surface area (TPSA) is 29.5 Å². The first kappa shape index (κ1) is 12.0. The number of rotatable bonds is 5. The molecule has 0 aromatic heterocycles. The first-order valence-corrected chi connectivity index (χ1v) is 4.99. The highest BCUT2D eigenvalue weighted by Gasteiger charge is 2.07. The highest BCUT2D eigenvalue weighted by molar-refractivity contribution is 6.17. The second-order valence-corrected chi connectivity index (χ2v) is 3.34. The first-order valence-electron chi connectivity index (χ1n) is 4.46. The fraction of sp³-hybridized carbons (Fsp3) is 0.400. The smallest absolute Gasteiger partial charge is 0.387 e. The van der Waals surface area contributed by atoms with Crippen LogP contribution in [0, 0.1) is 0 Å². The minimum Gasteiger partial charge on any atom is -0.508 e. The molecule has 0 saturated heterocycles. The summed E-state index contributed by atoms with van der Waals surface area (Å²) in [4.78, 5) is 0. The van der Waals surface area contributed by atoms with Crippen molar-refractivity contribution in [1.82, 2.24) is 0 Å². The lowest BCUT2D eigenvalue weighted by Gasteiger charge is -2.07. The van der Waals surface area contributed by atoms with Gasteiger partial charge in [0.2, 0.25) is 0 Å². The molecule has 1 N–H and O–H groups in total. The van der Waals surface area contributed by atoms with Gasteiger partial charge in [-0.25, -0.2) is 0 Å². The maximum atomic E-state index is 11.8. The molecule has 84 valence electrons. The van der Waals surface area contributed by atoms with Crippen LogP contribution in [0.5, 0.6) is 11.5 Å². The van der Waals surface area contributed by atoms with E-state index in [1.165, 1.54) is 12.1 Å². The van der Waals surface area contributed by atoms with E-state index in [1.807, 2.05) is 0 Å². The third-order valence-electron chi connectivity index (χ3n) is 1.86. The third kappa shape index (κ3) is 3.91. The van der Waals surface area contributed by atoms with Gasteiger partial charge in [0, 0.05) is 11.9 Å². The lowest BCUT2D eigenvalue weighted by atomic mass is 10.1. The van der Waals surface area contributed by atoms with Crippen LogP contribution in [-0.4, -0.2) is 17.6 Å². The average molecular weight is 237 g/mol. The van der Waals surface area contributed by atoms with Crippen LogP contribution in [0.25, 0.3) is 0 Å². The predicted octanol–water partition coefficient (Wildman–Crippen LogP) is 3.17.